The molecule has 4 nitrogen and oxygen atoms in total. The summed E-state index contributed by atoms with van der Waals surface area (Å²) in [6.07, 6.45) is 2.18. The summed E-state index contributed by atoms with van der Waals surface area (Å²) in [5.41, 5.74) is 0. The Morgan fingerprint density at radius 3 is 1.37 bits per heavy atom. The molecule has 0 unspecified atom stereocenters. The molecule has 0 aromatic carbocycles. The van der Waals surface area contributed by atoms with Crippen LogP contribution in [0.2, 0.25) is 6.86 Å². The zero-order valence-electron chi connectivity index (χ0n) is 13.0. The molecule has 1 rings (SSSR count). The Kier molecular flexibility index (Phi) is 4.97. The van der Waals surface area contributed by atoms with Gasteiger partial charge in [0.2, 0.25) is 0 Å². The molecular weight excluding hydrogens is 351 g/mol. The molecule has 0 aromatic heterocycles. The molecule has 19 heavy (non-hydrogen) atoms. The van der Waals surface area contributed by atoms with E-state index in [2.05, 4.69) is 0 Å². The van der Waals surface area contributed by atoms with E-state index in [0.717, 1.165) is 0 Å². The van der Waals surface area contributed by atoms with Crippen LogP contribution in [0, 0.1) is 0 Å². The van der Waals surface area contributed by atoms with E-state index in [0.29, 0.717) is 25.7 Å². The molecule has 110 valence electrons. The van der Waals surface area contributed by atoms with Crippen molar-refractivity contribution in [2.45, 2.75) is 74.1 Å². The third kappa shape index (κ3) is 3.64. The van der Waals surface area contributed by atoms with E-state index in [9.17, 15) is 9.59 Å². The quantitative estimate of drug-likeness (QED) is 0.605. The Bertz CT molecular complexity index is 327. The van der Waals surface area contributed by atoms with Gasteiger partial charge in [0, 0.05) is 0 Å². The minimum atomic E-state index is -3.94. The maximum atomic E-state index is 12.0. The summed E-state index contributed by atoms with van der Waals surface area (Å²) in [6.45, 7) is 12.1. The maximum absolute atomic E-state index is 12.0. The summed E-state index contributed by atoms with van der Waals surface area (Å²) in [4.78, 5) is 24.1. The van der Waals surface area contributed by atoms with Gasteiger partial charge < -0.3 is 0 Å². The van der Waals surface area contributed by atoms with Crippen LogP contribution in [0.1, 0.15) is 67.2 Å². The molecule has 1 fully saturated rings. The SMILES string of the molecule is C[C](C)(C)[Sn]1([C](C)(C)C)[O]C(=O)CCCCC(=O)[O]1. The fourth-order valence-electron chi connectivity index (χ4n) is 2.72. The second kappa shape index (κ2) is 5.62. The molecule has 0 aliphatic carbocycles. The monoisotopic (exact) mass is 378 g/mol. The second-order valence-electron chi connectivity index (χ2n) is 7.27. The van der Waals surface area contributed by atoms with Gasteiger partial charge in [-0.05, 0) is 0 Å². The number of hydrogen-bond donors (Lipinski definition) is 0. The van der Waals surface area contributed by atoms with Crippen LogP contribution in [0.3, 0.4) is 0 Å². The first-order valence-electron chi connectivity index (χ1n) is 6.93. The van der Waals surface area contributed by atoms with Gasteiger partial charge in [0.25, 0.3) is 0 Å². The van der Waals surface area contributed by atoms with Crippen molar-refractivity contribution < 1.29 is 15.7 Å². The molecule has 0 atom stereocenters. The van der Waals surface area contributed by atoms with Crippen LogP contribution < -0.4 is 0 Å². The molecule has 0 saturated carbocycles. The van der Waals surface area contributed by atoms with Crippen molar-refractivity contribution in [3.8, 4) is 0 Å². The van der Waals surface area contributed by atoms with Crippen LogP contribution in [0.15, 0.2) is 0 Å². The Morgan fingerprint density at radius 2 is 1.11 bits per heavy atom. The van der Waals surface area contributed by atoms with Gasteiger partial charge in [-0.1, -0.05) is 0 Å². The van der Waals surface area contributed by atoms with Gasteiger partial charge >= 0.3 is 121 Å². The number of carbonyl (C=O) groups excluding carboxylic acids is 2. The summed E-state index contributed by atoms with van der Waals surface area (Å²) in [5.74, 6) is -0.397. The summed E-state index contributed by atoms with van der Waals surface area (Å²) in [7, 11) is 0. The third-order valence-electron chi connectivity index (χ3n) is 3.50. The second-order valence-corrected chi connectivity index (χ2v) is 20.5. The Hall–Kier alpha value is -0.261. The number of carbonyl (C=O) groups is 2. The predicted molar refractivity (Wildman–Crippen MR) is 75.8 cm³/mol. The van der Waals surface area contributed by atoms with Crippen LogP contribution in [0.5, 0.6) is 0 Å². The molecule has 1 saturated heterocycles. The molecule has 5 heteroatoms. The van der Waals surface area contributed by atoms with Crippen molar-refractivity contribution in [3.63, 3.8) is 0 Å². The van der Waals surface area contributed by atoms with Crippen LogP contribution in [-0.2, 0) is 15.7 Å². The molecule has 0 bridgehead atoms. The van der Waals surface area contributed by atoms with E-state index < -0.39 is 19.2 Å². The van der Waals surface area contributed by atoms with Gasteiger partial charge in [0.1, 0.15) is 0 Å². The molecule has 1 heterocycles. The first kappa shape index (κ1) is 16.8. The zero-order chi connectivity index (χ0) is 14.9. The van der Waals surface area contributed by atoms with E-state index in [1.165, 1.54) is 0 Å². The molecule has 0 N–H and O–H groups in total. The van der Waals surface area contributed by atoms with E-state index in [4.69, 9.17) is 6.15 Å². The molecule has 0 aromatic rings. The Labute approximate surface area is 121 Å². The molecule has 0 spiro atoms. The van der Waals surface area contributed by atoms with E-state index in [-0.39, 0.29) is 18.8 Å². The molecule has 0 radical (unpaired) electrons. The average molecular weight is 377 g/mol. The summed E-state index contributed by atoms with van der Waals surface area (Å²) < 4.78 is 11.2. The van der Waals surface area contributed by atoms with Crippen LogP contribution in [-0.4, -0.2) is 31.1 Å². The van der Waals surface area contributed by atoms with Crippen LogP contribution in [0.4, 0.5) is 0 Å². The van der Waals surface area contributed by atoms with Crippen molar-refractivity contribution in [3.05, 3.63) is 0 Å². The van der Waals surface area contributed by atoms with Crippen LogP contribution >= 0.6 is 0 Å². The number of hydrogen-bond acceptors (Lipinski definition) is 4. The fraction of sp³-hybridized carbons (Fsp3) is 0.857. The first-order valence-corrected chi connectivity index (χ1v) is 12.1. The van der Waals surface area contributed by atoms with Crippen molar-refractivity contribution in [1.29, 1.82) is 0 Å². The van der Waals surface area contributed by atoms with Gasteiger partial charge in [0.15, 0.2) is 0 Å². The van der Waals surface area contributed by atoms with Crippen molar-refractivity contribution >= 4 is 31.1 Å². The first-order chi connectivity index (χ1) is 8.49. The molecular formula is C14H26O4Sn. The minimum absolute atomic E-state index is 0.199. The molecule has 0 amide bonds. The summed E-state index contributed by atoms with van der Waals surface area (Å²) in [6, 6.07) is 0. The predicted octanol–water partition coefficient (Wildman–Crippen LogP) is 3.69. The Morgan fingerprint density at radius 1 is 0.789 bits per heavy atom. The van der Waals surface area contributed by atoms with Crippen molar-refractivity contribution in [2.75, 3.05) is 0 Å². The third-order valence-corrected chi connectivity index (χ3v) is 17.7. The van der Waals surface area contributed by atoms with Gasteiger partial charge in [-0.15, -0.1) is 0 Å². The average Bonchev–Trinajstić information content (AvgIpc) is 2.26. The Balaban J connectivity index is 3.29. The standard InChI is InChI=1S/C6H10O4.2C4H9.Sn/c7-5(8)3-1-2-4-6(9)10;2*1-4(2)3;/h1-4H2,(H,7,8)(H,9,10);2*1-3H3;/q;;;+2/p-2. The molecule has 1 aliphatic rings. The van der Waals surface area contributed by atoms with Gasteiger partial charge in [-0.2, -0.15) is 0 Å². The van der Waals surface area contributed by atoms with Crippen molar-refractivity contribution in [1.82, 2.24) is 0 Å². The van der Waals surface area contributed by atoms with E-state index in [1.54, 1.807) is 0 Å². The zero-order valence-corrected chi connectivity index (χ0v) is 15.8. The summed E-state index contributed by atoms with van der Waals surface area (Å²) >= 11 is -3.94. The fourth-order valence-corrected chi connectivity index (χ4v) is 15.2. The normalized spacial score (nSPS) is 21.8. The molecule has 1 aliphatic heterocycles. The van der Waals surface area contributed by atoms with Gasteiger partial charge in [-0.3, -0.25) is 0 Å². The number of rotatable bonds is 0. The van der Waals surface area contributed by atoms with E-state index in [1.807, 2.05) is 41.5 Å². The van der Waals surface area contributed by atoms with Crippen molar-refractivity contribution in [2.24, 2.45) is 0 Å². The van der Waals surface area contributed by atoms with Gasteiger partial charge in [0.05, 0.1) is 0 Å². The van der Waals surface area contributed by atoms with Gasteiger partial charge in [-0.25, -0.2) is 0 Å². The summed E-state index contributed by atoms with van der Waals surface area (Å²) in [5, 5.41) is 0. The van der Waals surface area contributed by atoms with Crippen LogP contribution in [0.25, 0.3) is 0 Å². The topological polar surface area (TPSA) is 52.6 Å². The van der Waals surface area contributed by atoms with E-state index >= 15 is 0 Å².